The monoisotopic (exact) mass is 371 g/mol. The Morgan fingerprint density at radius 2 is 1.73 bits per heavy atom. The van der Waals surface area contributed by atoms with Gasteiger partial charge in [0, 0.05) is 19.0 Å². The number of rotatable bonds is 4. The normalized spacial score (nSPS) is 17.1. The molecule has 2 aromatic rings. The van der Waals surface area contributed by atoms with Crippen LogP contribution in [-0.2, 0) is 14.8 Å². The molecule has 1 aliphatic rings. The van der Waals surface area contributed by atoms with Crippen LogP contribution in [0.2, 0.25) is 0 Å². The molecular formula is C19H21N3O3S. The van der Waals surface area contributed by atoms with E-state index in [1.807, 2.05) is 43.3 Å². The molecule has 1 heterocycles. The van der Waals surface area contributed by atoms with E-state index in [0.717, 1.165) is 28.7 Å². The molecule has 1 amide bonds. The van der Waals surface area contributed by atoms with Crippen molar-refractivity contribution in [3.8, 4) is 0 Å². The number of hydrogen-bond donors (Lipinski definition) is 1. The molecule has 1 aliphatic heterocycles. The smallest absolute Gasteiger partial charge is 0.240 e. The van der Waals surface area contributed by atoms with Crippen LogP contribution in [0.1, 0.15) is 36.1 Å². The van der Waals surface area contributed by atoms with Crippen molar-refractivity contribution in [1.82, 2.24) is 5.01 Å². The Bertz CT molecular complexity index is 949. The summed E-state index contributed by atoms with van der Waals surface area (Å²) < 4.78 is 25.0. The number of hydrogen-bond acceptors (Lipinski definition) is 4. The van der Waals surface area contributed by atoms with Gasteiger partial charge in [0.05, 0.1) is 18.0 Å². The number of carbonyl (C=O) groups excluding carboxylic acids is 1. The van der Waals surface area contributed by atoms with E-state index in [1.54, 1.807) is 12.1 Å². The van der Waals surface area contributed by atoms with E-state index in [4.69, 9.17) is 0 Å². The lowest BCUT2D eigenvalue weighted by atomic mass is 9.97. The van der Waals surface area contributed by atoms with Crippen LogP contribution in [0.25, 0.3) is 0 Å². The summed E-state index contributed by atoms with van der Waals surface area (Å²) in [7, 11) is -3.31. The van der Waals surface area contributed by atoms with Gasteiger partial charge in [-0.25, -0.2) is 13.4 Å². The molecule has 2 aromatic carbocycles. The van der Waals surface area contributed by atoms with Gasteiger partial charge in [-0.1, -0.05) is 42.0 Å². The fourth-order valence-corrected chi connectivity index (χ4v) is 3.53. The maximum atomic E-state index is 12.0. The van der Waals surface area contributed by atoms with Crippen LogP contribution in [0, 0.1) is 6.92 Å². The number of hydrazone groups is 1. The number of aryl methyl sites for hydroxylation is 1. The van der Waals surface area contributed by atoms with Gasteiger partial charge in [-0.3, -0.25) is 9.52 Å². The molecule has 0 aromatic heterocycles. The van der Waals surface area contributed by atoms with Gasteiger partial charge < -0.3 is 0 Å². The molecule has 0 aliphatic carbocycles. The number of benzene rings is 2. The first kappa shape index (κ1) is 18.1. The number of nitrogens with one attached hydrogen (secondary N) is 1. The van der Waals surface area contributed by atoms with Crippen molar-refractivity contribution in [2.75, 3.05) is 11.0 Å². The maximum absolute atomic E-state index is 12.0. The standard InChI is InChI=1S/C19H21N3O3S/c1-13-4-6-16(7-5-13)19-12-18(20-22(19)14(2)23)15-8-10-17(11-9-15)21-26(3,24)25/h4-11,19,21H,12H2,1-3H3. The average molecular weight is 371 g/mol. The topological polar surface area (TPSA) is 78.8 Å². The highest BCUT2D eigenvalue weighted by atomic mass is 32.2. The summed E-state index contributed by atoms with van der Waals surface area (Å²) in [6.07, 6.45) is 1.72. The maximum Gasteiger partial charge on any atom is 0.240 e. The highest BCUT2D eigenvalue weighted by molar-refractivity contribution is 7.92. The Balaban J connectivity index is 1.85. The highest BCUT2D eigenvalue weighted by Crippen LogP contribution is 2.33. The quantitative estimate of drug-likeness (QED) is 0.897. The minimum Gasteiger partial charge on any atom is -0.284 e. The predicted molar refractivity (Wildman–Crippen MR) is 103 cm³/mol. The predicted octanol–water partition coefficient (Wildman–Crippen LogP) is 3.06. The van der Waals surface area contributed by atoms with E-state index < -0.39 is 10.0 Å². The summed E-state index contributed by atoms with van der Waals surface area (Å²) in [6.45, 7) is 3.53. The summed E-state index contributed by atoms with van der Waals surface area (Å²) in [6, 6.07) is 15.0. The van der Waals surface area contributed by atoms with Crippen molar-refractivity contribution in [2.45, 2.75) is 26.3 Å². The van der Waals surface area contributed by atoms with Crippen LogP contribution in [-0.4, -0.2) is 31.3 Å². The van der Waals surface area contributed by atoms with E-state index in [0.29, 0.717) is 12.1 Å². The van der Waals surface area contributed by atoms with Gasteiger partial charge >= 0.3 is 0 Å². The average Bonchev–Trinajstić information content (AvgIpc) is 3.00. The van der Waals surface area contributed by atoms with Crippen molar-refractivity contribution in [1.29, 1.82) is 0 Å². The lowest BCUT2D eigenvalue weighted by molar-refractivity contribution is -0.130. The molecule has 3 rings (SSSR count). The van der Waals surface area contributed by atoms with Crippen molar-refractivity contribution < 1.29 is 13.2 Å². The Labute approximate surface area is 153 Å². The number of amides is 1. The summed E-state index contributed by atoms with van der Waals surface area (Å²) in [5.41, 5.74) is 4.37. The second kappa shape index (κ2) is 6.92. The summed E-state index contributed by atoms with van der Waals surface area (Å²) >= 11 is 0. The van der Waals surface area contributed by atoms with Gasteiger partial charge in [-0.2, -0.15) is 5.10 Å². The van der Waals surface area contributed by atoms with Gasteiger partial charge in [0.1, 0.15) is 0 Å². The van der Waals surface area contributed by atoms with Gasteiger partial charge in [0.15, 0.2) is 0 Å². The van der Waals surface area contributed by atoms with Crippen molar-refractivity contribution >= 4 is 27.3 Å². The van der Waals surface area contributed by atoms with E-state index in [1.165, 1.54) is 11.9 Å². The molecule has 1 N–H and O–H groups in total. The fraction of sp³-hybridized carbons (Fsp3) is 0.263. The first-order valence-corrected chi connectivity index (χ1v) is 10.1. The van der Waals surface area contributed by atoms with Crippen LogP contribution < -0.4 is 4.72 Å². The second-order valence-corrected chi connectivity index (χ2v) is 8.24. The highest BCUT2D eigenvalue weighted by Gasteiger charge is 2.31. The third kappa shape index (κ3) is 4.11. The zero-order chi connectivity index (χ0) is 18.9. The van der Waals surface area contributed by atoms with Crippen molar-refractivity contribution in [3.63, 3.8) is 0 Å². The summed E-state index contributed by atoms with van der Waals surface area (Å²) in [5.74, 6) is -0.110. The molecule has 7 heteroatoms. The molecule has 0 radical (unpaired) electrons. The van der Waals surface area contributed by atoms with E-state index in [2.05, 4.69) is 9.82 Å². The van der Waals surface area contributed by atoms with Crippen LogP contribution in [0.15, 0.2) is 53.6 Å². The van der Waals surface area contributed by atoms with Crippen LogP contribution in [0.5, 0.6) is 0 Å². The second-order valence-electron chi connectivity index (χ2n) is 6.49. The van der Waals surface area contributed by atoms with E-state index in [-0.39, 0.29) is 11.9 Å². The van der Waals surface area contributed by atoms with E-state index >= 15 is 0 Å². The molecule has 136 valence electrons. The zero-order valence-corrected chi connectivity index (χ0v) is 15.7. The van der Waals surface area contributed by atoms with Crippen LogP contribution in [0.3, 0.4) is 0 Å². The Kier molecular flexibility index (Phi) is 4.82. The molecular weight excluding hydrogens is 350 g/mol. The first-order valence-electron chi connectivity index (χ1n) is 8.25. The Morgan fingerprint density at radius 1 is 1.12 bits per heavy atom. The number of nitrogens with zero attached hydrogens (tertiary/aromatic N) is 2. The van der Waals surface area contributed by atoms with Gasteiger partial charge in [-0.15, -0.1) is 0 Å². The first-order chi connectivity index (χ1) is 12.2. The minimum absolute atomic E-state index is 0.110. The molecule has 0 fully saturated rings. The zero-order valence-electron chi connectivity index (χ0n) is 14.9. The summed E-state index contributed by atoms with van der Waals surface area (Å²) in [4.78, 5) is 12.0. The van der Waals surface area contributed by atoms with Crippen molar-refractivity contribution in [2.24, 2.45) is 5.10 Å². The van der Waals surface area contributed by atoms with E-state index in [9.17, 15) is 13.2 Å². The lowest BCUT2D eigenvalue weighted by Gasteiger charge is -2.20. The Hall–Kier alpha value is -2.67. The minimum atomic E-state index is -3.31. The summed E-state index contributed by atoms with van der Waals surface area (Å²) in [5, 5.41) is 6.02. The molecule has 1 unspecified atom stereocenters. The largest absolute Gasteiger partial charge is 0.284 e. The number of sulfonamides is 1. The molecule has 6 nitrogen and oxygen atoms in total. The van der Waals surface area contributed by atoms with Crippen LogP contribution in [0.4, 0.5) is 5.69 Å². The van der Waals surface area contributed by atoms with Crippen molar-refractivity contribution in [3.05, 3.63) is 65.2 Å². The number of carbonyl (C=O) groups is 1. The molecule has 0 saturated carbocycles. The SMILES string of the molecule is CC(=O)N1N=C(c2ccc(NS(C)(=O)=O)cc2)CC1c1ccc(C)cc1. The third-order valence-electron chi connectivity index (χ3n) is 4.22. The van der Waals surface area contributed by atoms with Gasteiger partial charge in [0.2, 0.25) is 15.9 Å². The molecule has 1 atom stereocenters. The van der Waals surface area contributed by atoms with Gasteiger partial charge in [-0.05, 0) is 30.2 Å². The third-order valence-corrected chi connectivity index (χ3v) is 4.82. The molecule has 0 spiro atoms. The number of anilines is 1. The fourth-order valence-electron chi connectivity index (χ4n) is 2.97. The Morgan fingerprint density at radius 3 is 2.27 bits per heavy atom. The lowest BCUT2D eigenvalue weighted by Crippen LogP contribution is -2.24. The molecule has 26 heavy (non-hydrogen) atoms. The van der Waals surface area contributed by atoms with Gasteiger partial charge in [0.25, 0.3) is 0 Å². The molecule has 0 bridgehead atoms. The van der Waals surface area contributed by atoms with Crippen LogP contribution >= 0.6 is 0 Å². The molecule has 0 saturated heterocycles.